The Kier molecular flexibility index (Phi) is 2.97. The van der Waals surface area contributed by atoms with Crippen LogP contribution >= 0.6 is 0 Å². The molecule has 2 unspecified atom stereocenters. The minimum absolute atomic E-state index is 0.0638. The molecule has 4 aliphatic carbocycles. The molecule has 0 amide bonds. The minimum atomic E-state index is -0.753. The summed E-state index contributed by atoms with van der Waals surface area (Å²) >= 11 is 0. The molecule has 1 aromatic carbocycles. The number of hydrogen-bond acceptors (Lipinski definition) is 1. The van der Waals surface area contributed by atoms with Crippen LogP contribution in [0.15, 0.2) is 42.5 Å². The quantitative estimate of drug-likeness (QED) is 0.911. The van der Waals surface area contributed by atoms with E-state index in [9.17, 15) is 9.90 Å². The van der Waals surface area contributed by atoms with Crippen molar-refractivity contribution >= 4 is 5.97 Å². The number of aromatic nitrogens is 1. The van der Waals surface area contributed by atoms with E-state index in [1.165, 1.54) is 37.8 Å². The van der Waals surface area contributed by atoms with Crippen molar-refractivity contribution in [3.05, 3.63) is 48.2 Å². The molecular formula is C21H23NO2. The Hall–Kier alpha value is -2.03. The molecule has 2 atom stereocenters. The maximum Gasteiger partial charge on any atom is 0.323 e. The highest BCUT2D eigenvalue weighted by Crippen LogP contribution is 2.64. The second-order valence-corrected chi connectivity index (χ2v) is 8.20. The minimum Gasteiger partial charge on any atom is -0.480 e. The SMILES string of the molecule is O=C(O)Cn1c(-c2ccccc2)ccc1C12CC3CC(C1)C(C3)C2. The smallest absolute Gasteiger partial charge is 0.323 e. The van der Waals surface area contributed by atoms with Gasteiger partial charge in [-0.2, -0.15) is 0 Å². The number of carboxylic acids is 1. The molecule has 3 heteroatoms. The van der Waals surface area contributed by atoms with Crippen molar-refractivity contribution in [2.75, 3.05) is 0 Å². The third-order valence-electron chi connectivity index (χ3n) is 6.81. The molecule has 4 bridgehead atoms. The van der Waals surface area contributed by atoms with E-state index in [1.807, 2.05) is 18.2 Å². The number of carbonyl (C=O) groups is 1. The molecule has 0 saturated heterocycles. The normalized spacial score (nSPS) is 33.2. The first-order chi connectivity index (χ1) is 11.6. The van der Waals surface area contributed by atoms with E-state index >= 15 is 0 Å². The molecule has 2 aromatic rings. The van der Waals surface area contributed by atoms with Crippen molar-refractivity contribution in [3.8, 4) is 11.3 Å². The summed E-state index contributed by atoms with van der Waals surface area (Å²) in [5, 5.41) is 9.49. The van der Waals surface area contributed by atoms with Gasteiger partial charge in [0.05, 0.1) is 0 Å². The molecular weight excluding hydrogens is 298 g/mol. The molecule has 124 valence electrons. The molecule has 4 aliphatic rings. The van der Waals surface area contributed by atoms with E-state index in [2.05, 4.69) is 28.8 Å². The lowest BCUT2D eigenvalue weighted by Gasteiger charge is -2.39. The van der Waals surface area contributed by atoms with Gasteiger partial charge in [0.2, 0.25) is 0 Å². The number of hydrogen-bond donors (Lipinski definition) is 1. The van der Waals surface area contributed by atoms with Crippen LogP contribution in [-0.4, -0.2) is 15.6 Å². The van der Waals surface area contributed by atoms with Gasteiger partial charge in [-0.25, -0.2) is 0 Å². The van der Waals surface area contributed by atoms with Crippen LogP contribution in [0.25, 0.3) is 11.3 Å². The first-order valence-electron chi connectivity index (χ1n) is 9.12. The molecule has 1 aromatic heterocycles. The molecule has 1 heterocycles. The fourth-order valence-corrected chi connectivity index (χ4v) is 6.22. The Morgan fingerprint density at radius 3 is 2.38 bits per heavy atom. The summed E-state index contributed by atoms with van der Waals surface area (Å²) in [6.45, 7) is 0.0638. The van der Waals surface area contributed by atoms with Crippen LogP contribution in [0, 0.1) is 17.8 Å². The average Bonchev–Trinajstić information content (AvgIpc) is 3.17. The van der Waals surface area contributed by atoms with Gasteiger partial charge in [0.1, 0.15) is 6.54 Å². The zero-order chi connectivity index (χ0) is 16.3. The molecule has 1 N–H and O–H groups in total. The lowest BCUT2D eigenvalue weighted by molar-refractivity contribution is -0.137. The summed E-state index contributed by atoms with van der Waals surface area (Å²) in [6.07, 6.45) is 6.63. The second kappa shape index (κ2) is 4.98. The Bertz CT molecular complexity index is 772. The van der Waals surface area contributed by atoms with E-state index in [4.69, 9.17) is 0 Å². The molecule has 4 fully saturated rings. The number of benzene rings is 1. The van der Waals surface area contributed by atoms with Gasteiger partial charge in [-0.05, 0) is 67.6 Å². The highest BCUT2D eigenvalue weighted by Gasteiger charge is 2.57. The number of nitrogens with zero attached hydrogens (tertiary/aromatic N) is 1. The van der Waals surface area contributed by atoms with Gasteiger partial charge >= 0.3 is 5.97 Å². The third-order valence-corrected chi connectivity index (χ3v) is 6.81. The maximum absolute atomic E-state index is 11.5. The fourth-order valence-electron chi connectivity index (χ4n) is 6.22. The van der Waals surface area contributed by atoms with Gasteiger partial charge in [-0.3, -0.25) is 4.79 Å². The molecule has 24 heavy (non-hydrogen) atoms. The third kappa shape index (κ3) is 2.00. The number of rotatable bonds is 4. The van der Waals surface area contributed by atoms with Crippen molar-refractivity contribution in [2.24, 2.45) is 17.8 Å². The standard InChI is InChI=1S/C21H23NO2/c23-20(24)13-22-18(15-4-2-1-3-5-15)6-7-19(22)21-10-14-8-16(11-21)17(9-14)12-21/h1-7,14,16-17H,8-13H2,(H,23,24). The highest BCUT2D eigenvalue weighted by atomic mass is 16.4. The lowest BCUT2D eigenvalue weighted by Crippen LogP contribution is -2.34. The summed E-state index contributed by atoms with van der Waals surface area (Å²) in [6, 6.07) is 14.5. The second-order valence-electron chi connectivity index (χ2n) is 8.20. The molecule has 4 saturated carbocycles. The predicted octanol–water partition coefficient (Wildman–Crippen LogP) is 4.32. The summed E-state index contributed by atoms with van der Waals surface area (Å²) in [4.78, 5) is 11.5. The van der Waals surface area contributed by atoms with Crippen molar-refractivity contribution < 1.29 is 9.90 Å². The van der Waals surface area contributed by atoms with Gasteiger partial charge in [0.25, 0.3) is 0 Å². The number of aliphatic carboxylic acids is 1. The van der Waals surface area contributed by atoms with Gasteiger partial charge in [0, 0.05) is 16.8 Å². The Balaban J connectivity index is 1.62. The van der Waals surface area contributed by atoms with E-state index in [-0.39, 0.29) is 12.0 Å². The van der Waals surface area contributed by atoms with Crippen LogP contribution in [0.1, 0.15) is 37.8 Å². The topological polar surface area (TPSA) is 42.2 Å². The molecule has 0 radical (unpaired) electrons. The van der Waals surface area contributed by atoms with Crippen LogP contribution in [0.2, 0.25) is 0 Å². The molecule has 6 rings (SSSR count). The first-order valence-corrected chi connectivity index (χ1v) is 9.12. The van der Waals surface area contributed by atoms with Crippen molar-refractivity contribution in [1.82, 2.24) is 4.57 Å². The van der Waals surface area contributed by atoms with E-state index in [1.54, 1.807) is 0 Å². The Morgan fingerprint density at radius 1 is 1.04 bits per heavy atom. The summed E-state index contributed by atoms with van der Waals surface area (Å²) in [5.74, 6) is 1.89. The lowest BCUT2D eigenvalue weighted by atomic mass is 9.67. The van der Waals surface area contributed by atoms with Gasteiger partial charge in [-0.15, -0.1) is 0 Å². The van der Waals surface area contributed by atoms with Gasteiger partial charge in [0.15, 0.2) is 0 Å². The fraction of sp³-hybridized carbons (Fsp3) is 0.476. The maximum atomic E-state index is 11.5. The molecule has 0 aliphatic heterocycles. The molecule has 0 spiro atoms. The molecule has 3 nitrogen and oxygen atoms in total. The van der Waals surface area contributed by atoms with Crippen molar-refractivity contribution in [1.29, 1.82) is 0 Å². The van der Waals surface area contributed by atoms with Crippen LogP contribution in [0.3, 0.4) is 0 Å². The van der Waals surface area contributed by atoms with Crippen LogP contribution < -0.4 is 0 Å². The van der Waals surface area contributed by atoms with E-state index < -0.39 is 5.97 Å². The van der Waals surface area contributed by atoms with E-state index in [0.717, 1.165) is 29.0 Å². The summed E-state index contributed by atoms with van der Waals surface area (Å²) < 4.78 is 2.09. The number of carboxylic acid groups (broad SMARTS) is 1. The first kappa shape index (κ1) is 14.3. The Labute approximate surface area is 142 Å². The largest absolute Gasteiger partial charge is 0.480 e. The van der Waals surface area contributed by atoms with Gasteiger partial charge < -0.3 is 9.67 Å². The Morgan fingerprint density at radius 2 is 1.75 bits per heavy atom. The zero-order valence-corrected chi connectivity index (χ0v) is 13.8. The summed E-state index contributed by atoms with van der Waals surface area (Å²) in [5.41, 5.74) is 3.67. The van der Waals surface area contributed by atoms with Crippen molar-refractivity contribution in [2.45, 2.75) is 44.1 Å². The monoisotopic (exact) mass is 321 g/mol. The van der Waals surface area contributed by atoms with Crippen molar-refractivity contribution in [3.63, 3.8) is 0 Å². The van der Waals surface area contributed by atoms with Crippen LogP contribution in [0.4, 0.5) is 0 Å². The predicted molar refractivity (Wildman–Crippen MR) is 92.7 cm³/mol. The zero-order valence-electron chi connectivity index (χ0n) is 13.8. The van der Waals surface area contributed by atoms with Crippen LogP contribution in [0.5, 0.6) is 0 Å². The van der Waals surface area contributed by atoms with E-state index in [0.29, 0.717) is 0 Å². The van der Waals surface area contributed by atoms with Gasteiger partial charge in [-0.1, -0.05) is 30.3 Å². The van der Waals surface area contributed by atoms with Crippen LogP contribution in [-0.2, 0) is 16.8 Å². The highest BCUT2D eigenvalue weighted by molar-refractivity contribution is 5.70. The average molecular weight is 321 g/mol. The summed E-state index contributed by atoms with van der Waals surface area (Å²) in [7, 11) is 0.